The highest BCUT2D eigenvalue weighted by molar-refractivity contribution is 5.80. The fourth-order valence-corrected chi connectivity index (χ4v) is 1.02. The lowest BCUT2D eigenvalue weighted by Crippen LogP contribution is -2.45. The van der Waals surface area contributed by atoms with Gasteiger partial charge in [-0.3, -0.25) is 9.59 Å². The lowest BCUT2D eigenvalue weighted by Gasteiger charge is -2.20. The molecule has 4 N–H and O–H groups in total. The van der Waals surface area contributed by atoms with Crippen molar-refractivity contribution in [3.8, 4) is 0 Å². The van der Waals surface area contributed by atoms with Gasteiger partial charge in [-0.2, -0.15) is 0 Å². The summed E-state index contributed by atoms with van der Waals surface area (Å²) in [6.45, 7) is 0.0464. The Balaban J connectivity index is 4.11. The number of rotatable bonds is 8. The molecule has 0 aliphatic rings. The fourth-order valence-electron chi connectivity index (χ4n) is 1.02. The van der Waals surface area contributed by atoms with E-state index in [2.05, 4.69) is 5.32 Å². The molecule has 0 heterocycles. The normalized spacial score (nSPS) is 9.71. The second-order valence-electron chi connectivity index (χ2n) is 3.26. The van der Waals surface area contributed by atoms with Crippen LogP contribution in [-0.2, 0) is 14.3 Å². The van der Waals surface area contributed by atoms with E-state index < -0.39 is 24.5 Å². The molecule has 0 atom stereocenters. The molecule has 8 heteroatoms. The van der Waals surface area contributed by atoms with Crippen LogP contribution in [0.15, 0.2) is 0 Å². The Kier molecular flexibility index (Phi) is 7.44. The summed E-state index contributed by atoms with van der Waals surface area (Å²) in [7, 11) is 1.45. The van der Waals surface area contributed by atoms with Gasteiger partial charge >= 0.3 is 12.0 Å². The smallest absolute Gasteiger partial charge is 0.323 e. The molecule has 0 fully saturated rings. The molecule has 3 amide bonds. The molecule has 98 valence electrons. The number of nitrogens with two attached hydrogens (primary N) is 1. The van der Waals surface area contributed by atoms with Crippen LogP contribution in [0.25, 0.3) is 0 Å². The minimum absolute atomic E-state index is 0.0108. The van der Waals surface area contributed by atoms with Gasteiger partial charge in [0.1, 0.15) is 6.54 Å². The Bertz CT molecular complexity index is 282. The minimum atomic E-state index is -1.12. The number of methoxy groups -OCH3 is 1. The maximum absolute atomic E-state index is 11.5. The predicted molar refractivity (Wildman–Crippen MR) is 58.3 cm³/mol. The minimum Gasteiger partial charge on any atom is -0.480 e. The van der Waals surface area contributed by atoms with E-state index in [-0.39, 0.29) is 26.1 Å². The zero-order valence-corrected chi connectivity index (χ0v) is 9.64. The van der Waals surface area contributed by atoms with Crippen molar-refractivity contribution in [2.75, 3.05) is 33.4 Å². The van der Waals surface area contributed by atoms with Crippen molar-refractivity contribution in [2.24, 2.45) is 5.73 Å². The first-order valence-electron chi connectivity index (χ1n) is 4.99. The first kappa shape index (κ1) is 15.2. The molecule has 0 bridgehead atoms. The van der Waals surface area contributed by atoms with Gasteiger partial charge in [-0.05, 0) is 0 Å². The molecular formula is C9H17N3O5. The van der Waals surface area contributed by atoms with Gasteiger partial charge in [0, 0.05) is 26.6 Å². The van der Waals surface area contributed by atoms with Crippen LogP contribution >= 0.6 is 0 Å². The van der Waals surface area contributed by atoms with E-state index in [0.717, 1.165) is 4.90 Å². The number of primary amides is 1. The molecule has 0 rings (SSSR count). The second-order valence-corrected chi connectivity index (χ2v) is 3.26. The number of ether oxygens (including phenoxy) is 1. The highest BCUT2D eigenvalue weighted by atomic mass is 16.5. The quantitative estimate of drug-likeness (QED) is 0.487. The summed E-state index contributed by atoms with van der Waals surface area (Å²) in [5.41, 5.74) is 4.90. The number of carboxylic acids is 1. The third-order valence-electron chi connectivity index (χ3n) is 1.83. The van der Waals surface area contributed by atoms with Crippen LogP contribution in [0.5, 0.6) is 0 Å². The topological polar surface area (TPSA) is 122 Å². The van der Waals surface area contributed by atoms with Gasteiger partial charge in [0.15, 0.2) is 0 Å². The van der Waals surface area contributed by atoms with Crippen molar-refractivity contribution < 1.29 is 24.2 Å². The number of carbonyl (C=O) groups is 3. The Morgan fingerprint density at radius 1 is 1.41 bits per heavy atom. The predicted octanol–water partition coefficient (Wildman–Crippen LogP) is -1.40. The molecule has 0 radical (unpaired) electrons. The van der Waals surface area contributed by atoms with Crippen LogP contribution in [-0.4, -0.2) is 61.3 Å². The monoisotopic (exact) mass is 247 g/mol. The van der Waals surface area contributed by atoms with Crippen molar-refractivity contribution in [1.82, 2.24) is 10.2 Å². The number of hydrogen-bond acceptors (Lipinski definition) is 4. The van der Waals surface area contributed by atoms with E-state index in [4.69, 9.17) is 15.6 Å². The maximum Gasteiger partial charge on any atom is 0.323 e. The largest absolute Gasteiger partial charge is 0.480 e. The third-order valence-corrected chi connectivity index (χ3v) is 1.83. The number of nitrogens with zero attached hydrogens (tertiary/aromatic N) is 1. The van der Waals surface area contributed by atoms with Gasteiger partial charge in [-0.25, -0.2) is 4.79 Å². The molecule has 0 aromatic carbocycles. The Morgan fingerprint density at radius 3 is 2.53 bits per heavy atom. The van der Waals surface area contributed by atoms with E-state index in [1.165, 1.54) is 7.11 Å². The molecular weight excluding hydrogens is 230 g/mol. The summed E-state index contributed by atoms with van der Waals surface area (Å²) in [5.74, 6) is -1.65. The molecule has 17 heavy (non-hydrogen) atoms. The summed E-state index contributed by atoms with van der Waals surface area (Å²) in [4.78, 5) is 33.6. The molecule has 8 nitrogen and oxygen atoms in total. The lowest BCUT2D eigenvalue weighted by atomic mass is 10.4. The highest BCUT2D eigenvalue weighted by Gasteiger charge is 2.15. The van der Waals surface area contributed by atoms with Crippen LogP contribution < -0.4 is 11.1 Å². The number of hydrogen-bond donors (Lipinski definition) is 3. The zero-order chi connectivity index (χ0) is 13.3. The average Bonchev–Trinajstić information content (AvgIpc) is 2.22. The van der Waals surface area contributed by atoms with Gasteiger partial charge in [0.2, 0.25) is 5.91 Å². The summed E-state index contributed by atoms with van der Waals surface area (Å²) >= 11 is 0. The van der Waals surface area contributed by atoms with Gasteiger partial charge in [-0.1, -0.05) is 0 Å². The SMILES string of the molecule is COCCN(CC(=O)O)C(=O)NCCC(N)=O. The maximum atomic E-state index is 11.5. The van der Waals surface area contributed by atoms with Crippen molar-refractivity contribution in [2.45, 2.75) is 6.42 Å². The van der Waals surface area contributed by atoms with Gasteiger partial charge in [0.05, 0.1) is 6.61 Å². The molecule has 0 spiro atoms. The van der Waals surface area contributed by atoms with E-state index in [1.54, 1.807) is 0 Å². The van der Waals surface area contributed by atoms with Gasteiger partial charge in [0.25, 0.3) is 0 Å². The number of amides is 3. The van der Waals surface area contributed by atoms with Crippen LogP contribution in [0.1, 0.15) is 6.42 Å². The number of nitrogens with one attached hydrogen (secondary N) is 1. The number of aliphatic carboxylic acids is 1. The van der Waals surface area contributed by atoms with Gasteiger partial charge in [-0.15, -0.1) is 0 Å². The fraction of sp³-hybridized carbons (Fsp3) is 0.667. The van der Waals surface area contributed by atoms with E-state index in [9.17, 15) is 14.4 Å². The molecule has 0 saturated heterocycles. The van der Waals surface area contributed by atoms with Crippen molar-refractivity contribution in [3.63, 3.8) is 0 Å². The summed E-state index contributed by atoms with van der Waals surface area (Å²) in [5, 5.41) is 11.0. The Morgan fingerprint density at radius 2 is 2.06 bits per heavy atom. The molecule has 0 aliphatic carbocycles. The van der Waals surface area contributed by atoms with E-state index in [0.29, 0.717) is 0 Å². The van der Waals surface area contributed by atoms with Crippen LogP contribution in [0.4, 0.5) is 4.79 Å². The van der Waals surface area contributed by atoms with Crippen LogP contribution in [0.3, 0.4) is 0 Å². The van der Waals surface area contributed by atoms with E-state index >= 15 is 0 Å². The van der Waals surface area contributed by atoms with Crippen molar-refractivity contribution >= 4 is 17.9 Å². The second kappa shape index (κ2) is 8.34. The molecule has 0 aliphatic heterocycles. The first-order chi connectivity index (χ1) is 7.97. The summed E-state index contributed by atoms with van der Waals surface area (Å²) in [6, 6.07) is -0.564. The van der Waals surface area contributed by atoms with Crippen LogP contribution in [0.2, 0.25) is 0 Å². The summed E-state index contributed by atoms with van der Waals surface area (Å²) < 4.78 is 4.76. The highest BCUT2D eigenvalue weighted by Crippen LogP contribution is 1.90. The van der Waals surface area contributed by atoms with Crippen molar-refractivity contribution in [3.05, 3.63) is 0 Å². The van der Waals surface area contributed by atoms with Crippen molar-refractivity contribution in [1.29, 1.82) is 0 Å². The molecule has 0 aromatic rings. The summed E-state index contributed by atoms with van der Waals surface area (Å²) in [6.07, 6.45) is 0.0108. The lowest BCUT2D eigenvalue weighted by molar-refractivity contribution is -0.137. The Labute approximate surface area is 98.7 Å². The number of urea groups is 1. The Hall–Kier alpha value is -1.83. The molecule has 0 saturated carbocycles. The van der Waals surface area contributed by atoms with Crippen LogP contribution in [0, 0.1) is 0 Å². The number of carbonyl (C=O) groups excluding carboxylic acids is 2. The van der Waals surface area contributed by atoms with Gasteiger partial charge < -0.3 is 25.8 Å². The third kappa shape index (κ3) is 8.03. The number of carboxylic acid groups (broad SMARTS) is 1. The average molecular weight is 247 g/mol. The molecule has 0 unspecified atom stereocenters. The first-order valence-corrected chi connectivity index (χ1v) is 4.99. The zero-order valence-electron chi connectivity index (χ0n) is 9.64. The van der Waals surface area contributed by atoms with E-state index in [1.807, 2.05) is 0 Å². The standard InChI is InChI=1S/C9H17N3O5/c1-17-5-4-12(6-8(14)15)9(16)11-3-2-7(10)13/h2-6H2,1H3,(H2,10,13)(H,11,16)(H,14,15). The molecule has 0 aromatic heterocycles.